The fraction of sp³-hybridized carbons (Fsp3) is 0.422. The number of aromatic carboxylic acids is 2. The van der Waals surface area contributed by atoms with Gasteiger partial charge in [-0.15, -0.1) is 12.4 Å². The number of carboxylic acids is 2. The van der Waals surface area contributed by atoms with E-state index in [1.807, 2.05) is 0 Å². The lowest BCUT2D eigenvalue weighted by Crippen LogP contribution is -2.42. The van der Waals surface area contributed by atoms with E-state index in [1.165, 1.54) is 100 Å². The highest BCUT2D eigenvalue weighted by Crippen LogP contribution is 2.39. The van der Waals surface area contributed by atoms with Gasteiger partial charge in [0.25, 0.3) is 40.7 Å². The average molecular weight is 2100 g/mol. The van der Waals surface area contributed by atoms with Crippen LogP contribution in [0, 0.1) is 11.6 Å². The van der Waals surface area contributed by atoms with E-state index >= 15 is 0 Å². The molecular weight excluding hydrogens is 2000 g/mol. The first-order valence-corrected chi connectivity index (χ1v) is 43.7. The largest absolute Gasteiger partial charge is 0.478 e. The van der Waals surface area contributed by atoms with E-state index in [0.29, 0.717) is 68.5 Å². The van der Waals surface area contributed by atoms with Crippen LogP contribution in [-0.2, 0) is 119 Å². The summed E-state index contributed by atoms with van der Waals surface area (Å²) < 4.78 is 240. The molecule has 56 heteroatoms. The van der Waals surface area contributed by atoms with E-state index < -0.39 is 148 Å². The standard InChI is InChI=1S/C26H22F4N6O3.C16H11FN2O3.C15H21F3N4O3.C13H16F3N3O4.2C10H13F3N4O.ClH/c1-34(2)24(39)21-20-13-35(9-10-36(20)25(31-21)26(28,29)30)23(38)17-11-14(7-8-18(17)27)12-19-15-5-3-4-6-16(15)22(37)33-32-19;17-13-6-5-9(7-12(13)16(21)22)8-14-10-3-1-2-4-11(10)15(20)19-18-14;1-14(2,3)25-13(24)21-6-7-22-9(8-21)10(11(23)20(4)5)19-12(22)15(16,17)18;1-12(2,3)23-11(22)18-4-5-19-7(6-18)8(9(20)21)17-10(19)13(14,15)16;2*1-16(2)8(18)7-6-5-14-3-4-17(6)9(15-7)10(11,12)13;/h3-8,11H,9-10,12-13H2,1-2H3,(H,33,37);1-7H,8H2,(H,19,20)(H,21,22);6-8H2,1-5H3;4-6H2,1-3H3,(H,20,21);2*14H,3-5H2,1-2H3;1H. The SMILES string of the molecule is CC(C)(C)OC(=O)N1CCn2c(C(F)(F)F)nc(C(=O)O)c2C1.CN(C)C(=O)c1nc(C(F)(F)F)n2c1CN(C(=O)OC(C)(C)C)CC2.CN(C)C(=O)c1nc(C(F)(F)F)n2c1CN(C(=O)c1cc(Cc3n[nH]c(=O)c4ccccc34)ccc1F)CC2.CN(C)C(=O)c1nc(C(F)(F)F)n2c1CNCC2.CN(C)C(=O)c1nc(C(F)(F)F)n2c1CNCC2.Cl.O=C(O)c1cc(Cc2n[nH]c(=O)c3ccccc23)ccc1F. The molecule has 0 saturated heterocycles. The average Bonchev–Trinajstić information content (AvgIpc) is 1.59. The summed E-state index contributed by atoms with van der Waals surface area (Å²) in [5, 5.41) is 39.1. The molecule has 5 aliphatic heterocycles. The number of hydrogen-bond acceptors (Lipinski definition) is 22. The van der Waals surface area contributed by atoms with E-state index in [0.717, 1.165) is 49.7 Å². The van der Waals surface area contributed by atoms with Gasteiger partial charge in [0, 0.05) is 159 Å². The lowest BCUT2D eigenvalue weighted by molar-refractivity contribution is -0.148. The van der Waals surface area contributed by atoms with E-state index in [9.17, 15) is 127 Å². The predicted molar refractivity (Wildman–Crippen MR) is 484 cm³/mol. The van der Waals surface area contributed by atoms with Crippen LogP contribution in [-0.4, -0.2) is 267 Å². The number of hydrogen-bond donors (Lipinski definition) is 6. The number of carbonyl (C=O) groups excluding carboxylic acids is 7. The van der Waals surface area contributed by atoms with Gasteiger partial charge < -0.3 is 87.5 Å². The number of carbonyl (C=O) groups is 9. The zero-order valence-electron chi connectivity index (χ0n) is 80.1. The number of H-pyrrole nitrogens is 2. The number of benzene rings is 4. The third kappa shape index (κ3) is 26.2. The van der Waals surface area contributed by atoms with Crippen LogP contribution >= 0.6 is 12.4 Å². The third-order valence-corrected chi connectivity index (χ3v) is 22.1. The number of carboxylic acid groups (broad SMARTS) is 2. The van der Waals surface area contributed by atoms with Crippen LogP contribution in [0.3, 0.4) is 0 Å². The van der Waals surface area contributed by atoms with Crippen molar-refractivity contribution in [3.63, 3.8) is 0 Å². The molecule has 38 nitrogen and oxygen atoms in total. The van der Waals surface area contributed by atoms with Crippen LogP contribution in [0.4, 0.5) is 84.2 Å². The van der Waals surface area contributed by atoms with Crippen molar-refractivity contribution in [2.24, 2.45) is 0 Å². The highest BCUT2D eigenvalue weighted by molar-refractivity contribution is 5.98. The van der Waals surface area contributed by atoms with E-state index in [4.69, 9.17) is 19.7 Å². The van der Waals surface area contributed by atoms with Crippen molar-refractivity contribution in [2.45, 2.75) is 162 Å². The number of ether oxygens (including phenoxy) is 2. The van der Waals surface area contributed by atoms with Gasteiger partial charge in [-0.3, -0.25) is 33.6 Å². The molecule has 7 aromatic heterocycles. The first-order valence-electron chi connectivity index (χ1n) is 43.7. The molecule has 7 amide bonds. The third-order valence-electron chi connectivity index (χ3n) is 22.1. The van der Waals surface area contributed by atoms with E-state index in [1.54, 1.807) is 90.1 Å². The highest BCUT2D eigenvalue weighted by atomic mass is 35.5. The van der Waals surface area contributed by atoms with Gasteiger partial charge in [0.2, 0.25) is 29.1 Å². The molecule has 0 aliphatic carbocycles. The molecule has 0 unspecified atom stereocenters. The Morgan fingerprint density at radius 2 is 0.651 bits per heavy atom. The summed E-state index contributed by atoms with van der Waals surface area (Å²) in [6, 6.07) is 21.7. The number of imidazole rings is 5. The van der Waals surface area contributed by atoms with Gasteiger partial charge in [0.15, 0.2) is 28.5 Å². The number of nitrogens with one attached hydrogen (secondary N) is 4. The Kier molecular flexibility index (Phi) is 34.3. The molecule has 0 fully saturated rings. The monoisotopic (exact) mass is 2100 g/mol. The number of aromatic amines is 2. The molecule has 788 valence electrons. The second-order valence-corrected chi connectivity index (χ2v) is 35.8. The Morgan fingerprint density at radius 3 is 0.959 bits per heavy atom. The topological polar surface area (TPSA) is 440 Å². The van der Waals surface area contributed by atoms with Crippen LogP contribution in [0.2, 0.25) is 0 Å². The van der Waals surface area contributed by atoms with Crippen LogP contribution in [0.5, 0.6) is 0 Å². The summed E-state index contributed by atoms with van der Waals surface area (Å²) in [4.78, 5) is 158. The van der Waals surface area contributed by atoms with Crippen LogP contribution in [0.1, 0.15) is 195 Å². The Labute approximate surface area is 822 Å². The Hall–Kier alpha value is -14.9. The lowest BCUT2D eigenvalue weighted by Gasteiger charge is -2.31. The summed E-state index contributed by atoms with van der Waals surface area (Å²) in [5.41, 5.74) is -1.78. The van der Waals surface area contributed by atoms with Gasteiger partial charge in [0.05, 0.1) is 81.4 Å². The minimum Gasteiger partial charge on any atom is -0.478 e. The second-order valence-electron chi connectivity index (χ2n) is 35.8. The lowest BCUT2D eigenvalue weighted by atomic mass is 10.0. The number of fused-ring (bicyclic) bond motifs is 7. The van der Waals surface area contributed by atoms with Crippen molar-refractivity contribution >= 4 is 87.6 Å². The molecule has 4 aromatic carbocycles. The molecule has 5 aliphatic rings. The fourth-order valence-electron chi connectivity index (χ4n) is 15.5. The summed E-state index contributed by atoms with van der Waals surface area (Å²) in [6.45, 7) is 10.1. The second kappa shape index (κ2) is 44.3. The number of nitrogens with zero attached hydrogens (tertiary/aromatic N) is 19. The number of aromatic nitrogens is 14. The molecule has 16 rings (SSSR count). The molecule has 0 saturated carbocycles. The van der Waals surface area contributed by atoms with Gasteiger partial charge in [0.1, 0.15) is 22.8 Å². The molecule has 0 bridgehead atoms. The van der Waals surface area contributed by atoms with E-state index in [2.05, 4.69) is 55.9 Å². The van der Waals surface area contributed by atoms with Crippen LogP contribution in [0.25, 0.3) is 21.5 Å². The summed E-state index contributed by atoms with van der Waals surface area (Å²) >= 11 is 0. The van der Waals surface area contributed by atoms with Crippen molar-refractivity contribution in [2.75, 3.05) is 89.1 Å². The maximum atomic E-state index is 14.9. The van der Waals surface area contributed by atoms with Gasteiger partial charge in [-0.1, -0.05) is 48.5 Å². The summed E-state index contributed by atoms with van der Waals surface area (Å²) in [6.07, 6.45) is -24.2. The Bertz CT molecular complexity index is 6830. The van der Waals surface area contributed by atoms with Crippen LogP contribution in [0.15, 0.2) is 94.5 Å². The van der Waals surface area contributed by atoms with Crippen molar-refractivity contribution < 1.29 is 137 Å². The first-order chi connectivity index (χ1) is 67.4. The molecule has 0 spiro atoms. The maximum Gasteiger partial charge on any atom is 0.449 e. The van der Waals surface area contributed by atoms with Crippen molar-refractivity contribution in [3.05, 3.63) is 237 Å². The van der Waals surface area contributed by atoms with Crippen molar-refractivity contribution in [1.29, 1.82) is 0 Å². The van der Waals surface area contributed by atoms with Gasteiger partial charge in [-0.2, -0.15) is 76.1 Å². The van der Waals surface area contributed by atoms with Crippen LogP contribution < -0.4 is 21.8 Å². The molecule has 6 N–H and O–H groups in total. The van der Waals surface area contributed by atoms with Gasteiger partial charge in [-0.25, -0.2) is 63.1 Å². The number of amides is 7. The molecule has 12 heterocycles. The Balaban J connectivity index is 0.000000184. The molecule has 11 aromatic rings. The predicted octanol–water partition coefficient (Wildman–Crippen LogP) is 12.1. The fourth-order valence-corrected chi connectivity index (χ4v) is 15.5. The first kappa shape index (κ1) is 113. The normalized spacial score (nSPS) is 14.0. The molecule has 0 atom stereocenters. The summed E-state index contributed by atoms with van der Waals surface area (Å²) in [7, 11) is 11.6. The Morgan fingerprint density at radius 1 is 0.370 bits per heavy atom. The van der Waals surface area contributed by atoms with Gasteiger partial charge >= 0.3 is 55.0 Å². The minimum absolute atomic E-state index is 0. The zero-order valence-corrected chi connectivity index (χ0v) is 81.0. The smallest absolute Gasteiger partial charge is 0.449 e. The summed E-state index contributed by atoms with van der Waals surface area (Å²) in [5.74, 6) is -13.2. The quantitative estimate of drug-likeness (QED) is 0.0655. The zero-order chi connectivity index (χ0) is 107. The molecular formula is C90H97ClF17N23O15. The highest BCUT2D eigenvalue weighted by Gasteiger charge is 2.48. The number of halogens is 18. The van der Waals surface area contributed by atoms with Crippen molar-refractivity contribution in [1.82, 2.24) is 113 Å². The number of alkyl halides is 15. The number of rotatable bonds is 11. The minimum atomic E-state index is -4.80. The molecule has 0 radical (unpaired) electrons. The molecule has 146 heavy (non-hydrogen) atoms. The van der Waals surface area contributed by atoms with Gasteiger partial charge in [-0.05, 0) is 89.1 Å². The van der Waals surface area contributed by atoms with Crippen molar-refractivity contribution in [3.8, 4) is 0 Å². The maximum absolute atomic E-state index is 14.9. The van der Waals surface area contributed by atoms with E-state index in [-0.39, 0.29) is 167 Å².